The minimum Gasteiger partial charge on any atom is -0.360 e. The molecule has 0 aliphatic carbocycles. The lowest BCUT2D eigenvalue weighted by molar-refractivity contribution is -0.129. The van der Waals surface area contributed by atoms with Gasteiger partial charge in [-0.25, -0.2) is 18.7 Å². The van der Waals surface area contributed by atoms with Gasteiger partial charge in [0.1, 0.15) is 10.5 Å². The Balaban J connectivity index is 1.66. The minimum absolute atomic E-state index is 0.00254. The maximum absolute atomic E-state index is 13.6. The van der Waals surface area contributed by atoms with Gasteiger partial charge >= 0.3 is 6.03 Å². The number of thiophene rings is 2. The summed E-state index contributed by atoms with van der Waals surface area (Å²) in [6.07, 6.45) is -0.454. The lowest BCUT2D eigenvalue weighted by Crippen LogP contribution is -2.41. The molecule has 0 radical (unpaired) electrons. The van der Waals surface area contributed by atoms with Crippen LogP contribution in [0.3, 0.4) is 0 Å². The molecule has 1 atom stereocenters. The van der Waals surface area contributed by atoms with Crippen LogP contribution < -0.4 is 10.8 Å². The van der Waals surface area contributed by atoms with Crippen LogP contribution in [0.1, 0.15) is 29.0 Å². The van der Waals surface area contributed by atoms with E-state index in [1.807, 2.05) is 24.4 Å². The van der Waals surface area contributed by atoms with Crippen molar-refractivity contribution in [2.75, 3.05) is 24.2 Å². The number of carbonyl (C=O) groups excluding carboxylic acids is 2. The van der Waals surface area contributed by atoms with E-state index in [1.165, 1.54) is 16.2 Å². The van der Waals surface area contributed by atoms with E-state index in [1.54, 1.807) is 35.9 Å². The smallest absolute Gasteiger partial charge is 0.323 e. The van der Waals surface area contributed by atoms with Crippen molar-refractivity contribution in [1.82, 2.24) is 15.5 Å². The number of urea groups is 1. The normalized spacial score (nSPS) is 20.0. The first kappa shape index (κ1) is 24.4. The van der Waals surface area contributed by atoms with Crippen molar-refractivity contribution in [3.63, 3.8) is 0 Å². The molecule has 0 bridgehead atoms. The molecule has 0 aromatic carbocycles. The average Bonchev–Trinajstić information content (AvgIpc) is 3.52. The Morgan fingerprint density at radius 3 is 2.68 bits per heavy atom. The third-order valence-corrected chi connectivity index (χ3v) is 10.9. The number of hydrogen-bond acceptors (Lipinski definition) is 9. The van der Waals surface area contributed by atoms with Crippen molar-refractivity contribution in [3.05, 3.63) is 45.8 Å². The van der Waals surface area contributed by atoms with Crippen LogP contribution in [-0.4, -0.2) is 54.5 Å². The summed E-state index contributed by atoms with van der Waals surface area (Å²) in [6.45, 7) is 3.72. The predicted molar refractivity (Wildman–Crippen MR) is 129 cm³/mol. The zero-order valence-electron chi connectivity index (χ0n) is 18.5. The molecule has 0 spiro atoms. The molecule has 1 aliphatic heterocycles. The van der Waals surface area contributed by atoms with Gasteiger partial charge in [0, 0.05) is 33.8 Å². The van der Waals surface area contributed by atoms with Gasteiger partial charge in [-0.2, -0.15) is 0 Å². The van der Waals surface area contributed by atoms with Gasteiger partial charge in [-0.15, -0.1) is 22.7 Å². The fourth-order valence-corrected chi connectivity index (χ4v) is 8.56. The van der Waals surface area contributed by atoms with Gasteiger partial charge in [-0.1, -0.05) is 5.16 Å². The van der Waals surface area contributed by atoms with E-state index in [9.17, 15) is 23.2 Å². The van der Waals surface area contributed by atoms with Crippen LogP contribution >= 0.6 is 22.7 Å². The molecule has 3 aromatic heterocycles. The third kappa shape index (κ3) is 4.73. The molecular formula is C21H24N4O6S3. The monoisotopic (exact) mass is 524 g/mol. The largest absolute Gasteiger partial charge is 0.360 e. The van der Waals surface area contributed by atoms with Gasteiger partial charge in [0.05, 0.1) is 12.2 Å². The summed E-state index contributed by atoms with van der Waals surface area (Å²) >= 11 is 2.87. The van der Waals surface area contributed by atoms with E-state index < -0.39 is 32.9 Å². The maximum Gasteiger partial charge on any atom is 0.323 e. The van der Waals surface area contributed by atoms with Gasteiger partial charge in [0.15, 0.2) is 15.7 Å². The number of hydroxylamine groups is 1. The first-order valence-electron chi connectivity index (χ1n) is 10.4. The number of sulfone groups is 1. The van der Waals surface area contributed by atoms with Crippen LogP contribution in [0.5, 0.6) is 0 Å². The molecular weight excluding hydrogens is 500 g/mol. The highest BCUT2D eigenvalue weighted by atomic mass is 32.2. The number of carbonyl (C=O) groups is 2. The van der Waals surface area contributed by atoms with Crippen molar-refractivity contribution in [3.8, 4) is 9.75 Å². The van der Waals surface area contributed by atoms with Crippen molar-refractivity contribution in [2.24, 2.45) is 0 Å². The molecule has 182 valence electrons. The van der Waals surface area contributed by atoms with E-state index in [2.05, 4.69) is 10.5 Å². The van der Waals surface area contributed by atoms with Crippen LogP contribution in [0.4, 0.5) is 10.6 Å². The van der Waals surface area contributed by atoms with Crippen molar-refractivity contribution >= 4 is 50.3 Å². The number of aromatic nitrogens is 1. The summed E-state index contributed by atoms with van der Waals surface area (Å²) in [6, 6.07) is 6.65. The molecule has 0 saturated carbocycles. The van der Waals surface area contributed by atoms with Crippen LogP contribution in [0.15, 0.2) is 34.2 Å². The molecule has 1 fully saturated rings. The second-order valence-corrected chi connectivity index (χ2v) is 12.6. The number of rotatable bonds is 5. The lowest BCUT2D eigenvalue weighted by Gasteiger charge is -2.30. The van der Waals surface area contributed by atoms with Gasteiger partial charge in [0.2, 0.25) is 5.91 Å². The Hall–Kier alpha value is -2.74. The number of hydrogen-bond donors (Lipinski definition) is 3. The zero-order valence-corrected chi connectivity index (χ0v) is 21.0. The van der Waals surface area contributed by atoms with Crippen LogP contribution in [0, 0.1) is 13.8 Å². The summed E-state index contributed by atoms with van der Waals surface area (Å²) in [5.74, 6) is -0.379. The quantitative estimate of drug-likeness (QED) is 0.342. The minimum atomic E-state index is -3.89. The molecule has 10 nitrogen and oxygen atoms in total. The van der Waals surface area contributed by atoms with E-state index in [0.29, 0.717) is 10.6 Å². The fourth-order valence-electron chi connectivity index (χ4n) is 3.96. The summed E-state index contributed by atoms with van der Waals surface area (Å²) in [5.41, 5.74) is 2.67. The van der Waals surface area contributed by atoms with Gasteiger partial charge in [-0.3, -0.25) is 15.3 Å². The Kier molecular flexibility index (Phi) is 6.80. The molecule has 0 unspecified atom stereocenters. The number of anilines is 1. The molecule has 13 heteroatoms. The van der Waals surface area contributed by atoms with Gasteiger partial charge in [-0.05, 0) is 49.4 Å². The Labute approximate surface area is 204 Å². The third-order valence-electron chi connectivity index (χ3n) is 5.76. The number of nitrogens with one attached hydrogen (secondary N) is 2. The first-order valence-corrected chi connectivity index (χ1v) is 13.8. The molecule has 3 aromatic rings. The predicted octanol–water partition coefficient (Wildman–Crippen LogP) is 3.52. The summed E-state index contributed by atoms with van der Waals surface area (Å²) < 4.78 is 30.6. The molecule has 1 aliphatic rings. The summed E-state index contributed by atoms with van der Waals surface area (Å²) in [5, 5.41) is 17.5. The highest BCUT2D eigenvalue weighted by Gasteiger charge is 2.50. The number of aryl methyl sites for hydroxylation is 2. The van der Waals surface area contributed by atoms with Crippen LogP contribution in [0.2, 0.25) is 0 Å². The topological polar surface area (TPSA) is 142 Å². The van der Waals surface area contributed by atoms with E-state index >= 15 is 0 Å². The summed E-state index contributed by atoms with van der Waals surface area (Å²) in [7, 11) is -3.89. The fraction of sp³-hybridized carbons (Fsp3) is 0.381. The van der Waals surface area contributed by atoms with Gasteiger partial charge in [0.25, 0.3) is 0 Å². The SMILES string of the molecule is Cc1csc(-c2ccc([C@@]3(CC(=O)NO)CCN(C(=O)Nc4cc(C)on4)CCS3(=O)=O)s2)c1. The van der Waals surface area contributed by atoms with Crippen molar-refractivity contribution in [1.29, 1.82) is 0 Å². The Morgan fingerprint density at radius 2 is 2.03 bits per heavy atom. The highest BCUT2D eigenvalue weighted by molar-refractivity contribution is 7.92. The van der Waals surface area contributed by atoms with Crippen molar-refractivity contribution < 1.29 is 27.7 Å². The second kappa shape index (κ2) is 9.49. The van der Waals surface area contributed by atoms with Crippen LogP contribution in [-0.2, 0) is 19.4 Å². The first-order chi connectivity index (χ1) is 16.1. The highest BCUT2D eigenvalue weighted by Crippen LogP contribution is 2.46. The lowest BCUT2D eigenvalue weighted by atomic mass is 9.97. The molecule has 3 amide bonds. The second-order valence-electron chi connectivity index (χ2n) is 8.17. The molecule has 4 heterocycles. The molecule has 34 heavy (non-hydrogen) atoms. The van der Waals surface area contributed by atoms with Gasteiger partial charge < -0.3 is 9.42 Å². The van der Waals surface area contributed by atoms with E-state index in [0.717, 1.165) is 15.3 Å². The number of amides is 3. The molecule has 1 saturated heterocycles. The Bertz CT molecular complexity index is 1310. The zero-order chi connectivity index (χ0) is 24.5. The average molecular weight is 525 g/mol. The van der Waals surface area contributed by atoms with Crippen LogP contribution in [0.25, 0.3) is 9.75 Å². The Morgan fingerprint density at radius 1 is 1.24 bits per heavy atom. The standard InChI is InChI=1S/C21H24N4O6S3/c1-13-9-16(32-12-13)15-3-4-17(33-15)21(11-19(26)23-28)5-6-25(7-8-34(21,29)30)20(27)22-18-10-14(2)31-24-18/h3-4,9-10,12,28H,5-8,11H2,1-2H3,(H,23,26)(H,22,24,27)/t21-/m0/s1. The summed E-state index contributed by atoms with van der Waals surface area (Å²) in [4.78, 5) is 28.8. The van der Waals surface area contributed by atoms with E-state index in [4.69, 9.17) is 4.52 Å². The van der Waals surface area contributed by atoms with E-state index in [-0.39, 0.29) is 31.1 Å². The van der Waals surface area contributed by atoms with Crippen molar-refractivity contribution in [2.45, 2.75) is 31.4 Å². The number of nitrogens with zero attached hydrogens (tertiary/aromatic N) is 2. The molecule has 3 N–H and O–H groups in total. The maximum atomic E-state index is 13.6. The molecule has 4 rings (SSSR count).